The van der Waals surface area contributed by atoms with Crippen molar-refractivity contribution in [3.63, 3.8) is 0 Å². The largest absolute Gasteiger partial charge is 0.491 e. The summed E-state index contributed by atoms with van der Waals surface area (Å²) >= 11 is 0. The third kappa shape index (κ3) is 5.27. The Kier molecular flexibility index (Phi) is 7.63. The van der Waals surface area contributed by atoms with Crippen LogP contribution in [0, 0.1) is 0 Å². The topological polar surface area (TPSA) is 42.5 Å². The second-order valence-electron chi connectivity index (χ2n) is 4.42. The van der Waals surface area contributed by atoms with E-state index in [9.17, 15) is 0 Å². The predicted octanol–water partition coefficient (Wildman–Crippen LogP) is 2.30. The summed E-state index contributed by atoms with van der Waals surface area (Å²) in [6.45, 7) is 6.31. The Bertz CT molecular complexity index is 357. The highest BCUT2D eigenvalue weighted by atomic mass is 35.5. The highest BCUT2D eigenvalue weighted by Gasteiger charge is 2.13. The quantitative estimate of drug-likeness (QED) is 0.842. The van der Waals surface area contributed by atoms with Gasteiger partial charge in [0.05, 0.1) is 25.0 Å². The average molecular weight is 287 g/mol. The molecule has 1 fully saturated rings. The third-order valence-corrected chi connectivity index (χ3v) is 2.87. The molecule has 1 aromatic rings. The molecular weight excluding hydrogens is 264 g/mol. The van der Waals surface area contributed by atoms with E-state index in [1.807, 2.05) is 24.3 Å². The summed E-state index contributed by atoms with van der Waals surface area (Å²) in [6.07, 6.45) is 1.25. The molecule has 1 heterocycles. The summed E-state index contributed by atoms with van der Waals surface area (Å²) in [6, 6.07) is 8.05. The van der Waals surface area contributed by atoms with E-state index in [0.29, 0.717) is 0 Å². The highest BCUT2D eigenvalue weighted by Crippen LogP contribution is 2.23. The lowest BCUT2D eigenvalue weighted by molar-refractivity contribution is 0.0372. The third-order valence-electron chi connectivity index (χ3n) is 2.87. The first-order valence-corrected chi connectivity index (χ1v) is 6.68. The molecule has 1 atom stereocenters. The molecule has 0 radical (unpaired) electrons. The molecule has 4 nitrogen and oxygen atoms in total. The molecule has 1 aliphatic heterocycles. The Hall–Kier alpha value is -0.970. The first kappa shape index (κ1) is 16.1. The first-order valence-electron chi connectivity index (χ1n) is 6.68. The van der Waals surface area contributed by atoms with Crippen molar-refractivity contribution in [3.8, 4) is 5.75 Å². The molecule has 1 unspecified atom stereocenters. The molecule has 2 N–H and O–H groups in total. The van der Waals surface area contributed by atoms with Gasteiger partial charge in [0.25, 0.3) is 0 Å². The maximum Gasteiger partial charge on any atom is 0.142 e. The lowest BCUT2D eigenvalue weighted by Gasteiger charge is -2.24. The number of halogens is 1. The number of rotatable bonds is 6. The Morgan fingerprint density at radius 1 is 1.42 bits per heavy atom. The van der Waals surface area contributed by atoms with Crippen LogP contribution in [0.3, 0.4) is 0 Å². The number of hydrogen-bond acceptors (Lipinski definition) is 4. The number of nitrogens with one attached hydrogen (secondary N) is 2. The SMILES string of the molecule is CCCOc1ccccc1NCC1CNCCO1.Cl. The molecule has 19 heavy (non-hydrogen) atoms. The molecule has 108 valence electrons. The lowest BCUT2D eigenvalue weighted by atomic mass is 10.2. The summed E-state index contributed by atoms with van der Waals surface area (Å²) < 4.78 is 11.4. The number of anilines is 1. The van der Waals surface area contributed by atoms with Crippen LogP contribution in [0.25, 0.3) is 0 Å². The molecule has 1 aromatic carbocycles. The van der Waals surface area contributed by atoms with Gasteiger partial charge in [0.15, 0.2) is 0 Å². The van der Waals surface area contributed by atoms with Gasteiger partial charge >= 0.3 is 0 Å². The van der Waals surface area contributed by atoms with Crippen molar-refractivity contribution >= 4 is 18.1 Å². The summed E-state index contributed by atoms with van der Waals surface area (Å²) in [5, 5.41) is 6.73. The number of para-hydroxylation sites is 2. The van der Waals surface area contributed by atoms with Crippen molar-refractivity contribution in [1.29, 1.82) is 0 Å². The molecule has 1 saturated heterocycles. The van der Waals surface area contributed by atoms with E-state index in [1.165, 1.54) is 0 Å². The normalized spacial score (nSPS) is 18.5. The fraction of sp³-hybridized carbons (Fsp3) is 0.571. The maximum absolute atomic E-state index is 5.71. The van der Waals surface area contributed by atoms with Crippen LogP contribution in [0.15, 0.2) is 24.3 Å². The molecule has 0 aromatic heterocycles. The molecule has 0 aliphatic carbocycles. The number of benzene rings is 1. The van der Waals surface area contributed by atoms with Gasteiger partial charge in [0.2, 0.25) is 0 Å². The molecular formula is C14H23ClN2O2. The van der Waals surface area contributed by atoms with Crippen LogP contribution in [0.2, 0.25) is 0 Å². The Morgan fingerprint density at radius 3 is 3.00 bits per heavy atom. The van der Waals surface area contributed by atoms with E-state index < -0.39 is 0 Å². The van der Waals surface area contributed by atoms with Gasteiger partial charge in [-0.15, -0.1) is 12.4 Å². The van der Waals surface area contributed by atoms with Gasteiger partial charge in [-0.1, -0.05) is 19.1 Å². The van der Waals surface area contributed by atoms with Gasteiger partial charge < -0.3 is 20.1 Å². The van der Waals surface area contributed by atoms with E-state index in [4.69, 9.17) is 9.47 Å². The predicted molar refractivity (Wildman–Crippen MR) is 80.6 cm³/mol. The Morgan fingerprint density at radius 2 is 2.26 bits per heavy atom. The maximum atomic E-state index is 5.71. The van der Waals surface area contributed by atoms with Crippen LogP contribution < -0.4 is 15.4 Å². The van der Waals surface area contributed by atoms with Gasteiger partial charge in [-0.2, -0.15) is 0 Å². The second-order valence-corrected chi connectivity index (χ2v) is 4.42. The van der Waals surface area contributed by atoms with Crippen LogP contribution in [0.5, 0.6) is 5.75 Å². The van der Waals surface area contributed by atoms with Crippen molar-refractivity contribution in [3.05, 3.63) is 24.3 Å². The number of ether oxygens (including phenoxy) is 2. The van der Waals surface area contributed by atoms with E-state index >= 15 is 0 Å². The number of morpholine rings is 1. The fourth-order valence-corrected chi connectivity index (χ4v) is 1.93. The van der Waals surface area contributed by atoms with Crippen molar-refractivity contribution in [2.75, 3.05) is 38.2 Å². The van der Waals surface area contributed by atoms with Crippen molar-refractivity contribution < 1.29 is 9.47 Å². The summed E-state index contributed by atoms with van der Waals surface area (Å²) in [5.74, 6) is 0.920. The van der Waals surface area contributed by atoms with Crippen LogP contribution in [-0.4, -0.2) is 39.0 Å². The molecule has 2 rings (SSSR count). The molecule has 0 amide bonds. The standard InChI is InChI=1S/C14H22N2O2.ClH/c1-2-8-18-14-6-4-3-5-13(14)16-11-12-10-15-7-9-17-12;/h3-6,12,15-16H,2,7-11H2,1H3;1H. The minimum atomic E-state index is 0. The second kappa shape index (κ2) is 9.02. The zero-order chi connectivity index (χ0) is 12.6. The van der Waals surface area contributed by atoms with Crippen LogP contribution in [0.1, 0.15) is 13.3 Å². The first-order chi connectivity index (χ1) is 8.90. The van der Waals surface area contributed by atoms with Crippen molar-refractivity contribution in [1.82, 2.24) is 5.32 Å². The minimum absolute atomic E-state index is 0. The van der Waals surface area contributed by atoms with Crippen molar-refractivity contribution in [2.24, 2.45) is 0 Å². The molecule has 0 bridgehead atoms. The molecule has 5 heteroatoms. The van der Waals surface area contributed by atoms with Gasteiger partial charge in [-0.25, -0.2) is 0 Å². The lowest BCUT2D eigenvalue weighted by Crippen LogP contribution is -2.42. The van der Waals surface area contributed by atoms with E-state index in [0.717, 1.165) is 50.7 Å². The van der Waals surface area contributed by atoms with Crippen LogP contribution >= 0.6 is 12.4 Å². The van der Waals surface area contributed by atoms with Gasteiger partial charge in [0, 0.05) is 19.6 Å². The van der Waals surface area contributed by atoms with Gasteiger partial charge in [-0.3, -0.25) is 0 Å². The monoisotopic (exact) mass is 286 g/mol. The zero-order valence-corrected chi connectivity index (χ0v) is 12.2. The van der Waals surface area contributed by atoms with Crippen LogP contribution in [0.4, 0.5) is 5.69 Å². The molecule has 0 spiro atoms. The fourth-order valence-electron chi connectivity index (χ4n) is 1.93. The van der Waals surface area contributed by atoms with Crippen LogP contribution in [-0.2, 0) is 4.74 Å². The van der Waals surface area contributed by atoms with E-state index in [-0.39, 0.29) is 18.5 Å². The molecule has 0 saturated carbocycles. The van der Waals surface area contributed by atoms with E-state index in [1.54, 1.807) is 0 Å². The smallest absolute Gasteiger partial charge is 0.142 e. The van der Waals surface area contributed by atoms with E-state index in [2.05, 4.69) is 17.6 Å². The Labute approximate surface area is 121 Å². The number of hydrogen-bond donors (Lipinski definition) is 2. The summed E-state index contributed by atoms with van der Waals surface area (Å²) in [5.41, 5.74) is 1.04. The summed E-state index contributed by atoms with van der Waals surface area (Å²) in [4.78, 5) is 0. The highest BCUT2D eigenvalue weighted by molar-refractivity contribution is 5.85. The van der Waals surface area contributed by atoms with Crippen molar-refractivity contribution in [2.45, 2.75) is 19.4 Å². The van der Waals surface area contributed by atoms with Gasteiger partial charge in [-0.05, 0) is 18.6 Å². The average Bonchev–Trinajstić information content (AvgIpc) is 2.45. The minimum Gasteiger partial charge on any atom is -0.491 e. The Balaban J connectivity index is 0.00000180. The van der Waals surface area contributed by atoms with Gasteiger partial charge in [0.1, 0.15) is 5.75 Å². The molecule has 1 aliphatic rings. The summed E-state index contributed by atoms with van der Waals surface area (Å²) in [7, 11) is 0. The zero-order valence-electron chi connectivity index (χ0n) is 11.4.